The molecule has 0 radical (unpaired) electrons. The largest absolute Gasteiger partial charge is 0.486 e. The van der Waals surface area contributed by atoms with E-state index in [0.29, 0.717) is 5.25 Å². The minimum atomic E-state index is 0.0399. The van der Waals surface area contributed by atoms with Crippen LogP contribution in [-0.4, -0.2) is 17.6 Å². The Morgan fingerprint density at radius 3 is 2.50 bits per heavy atom. The minimum Gasteiger partial charge on any atom is -0.486 e. The lowest BCUT2D eigenvalue weighted by Crippen LogP contribution is -2.06. The lowest BCUT2D eigenvalue weighted by molar-refractivity contribution is -0.118. The number of hydrogen-bond acceptors (Lipinski definition) is 3. The van der Waals surface area contributed by atoms with Gasteiger partial charge in [0.25, 0.3) is 0 Å². The van der Waals surface area contributed by atoms with E-state index in [4.69, 9.17) is 4.74 Å². The Balaban J connectivity index is 2.50. The van der Waals surface area contributed by atoms with Gasteiger partial charge in [-0.25, -0.2) is 0 Å². The summed E-state index contributed by atoms with van der Waals surface area (Å²) in [7, 11) is 0. The van der Waals surface area contributed by atoms with Gasteiger partial charge in [-0.3, -0.25) is 4.79 Å². The van der Waals surface area contributed by atoms with Crippen LogP contribution in [0.5, 0.6) is 5.75 Å². The molecule has 0 fully saturated rings. The van der Waals surface area contributed by atoms with Crippen LogP contribution < -0.4 is 4.74 Å². The molecular formula is C13H18O2S. The fourth-order valence-corrected chi connectivity index (χ4v) is 2.04. The molecule has 2 nitrogen and oxygen atoms in total. The van der Waals surface area contributed by atoms with E-state index in [1.807, 2.05) is 36.0 Å². The highest BCUT2D eigenvalue weighted by atomic mass is 32.2. The number of carbonyl (C=O) groups is 1. The fourth-order valence-electron chi connectivity index (χ4n) is 1.12. The summed E-state index contributed by atoms with van der Waals surface area (Å²) >= 11 is 1.85. The number of hydrogen-bond donors (Lipinski definition) is 0. The first kappa shape index (κ1) is 13.1. The van der Waals surface area contributed by atoms with E-state index in [9.17, 15) is 4.79 Å². The van der Waals surface area contributed by atoms with Crippen molar-refractivity contribution in [2.45, 2.75) is 37.3 Å². The molecule has 0 heterocycles. The van der Waals surface area contributed by atoms with Crippen molar-refractivity contribution < 1.29 is 9.53 Å². The highest BCUT2D eigenvalue weighted by Gasteiger charge is 2.02. The van der Waals surface area contributed by atoms with Crippen LogP contribution >= 0.6 is 11.8 Å². The van der Waals surface area contributed by atoms with Crippen LogP contribution in [0.25, 0.3) is 0 Å². The Morgan fingerprint density at radius 1 is 1.38 bits per heavy atom. The second kappa shape index (κ2) is 6.59. The monoisotopic (exact) mass is 238 g/mol. The van der Waals surface area contributed by atoms with Gasteiger partial charge in [0.1, 0.15) is 12.4 Å². The van der Waals surface area contributed by atoms with Gasteiger partial charge in [-0.2, -0.15) is 0 Å². The van der Waals surface area contributed by atoms with Crippen LogP contribution in [0.1, 0.15) is 27.2 Å². The quantitative estimate of drug-likeness (QED) is 0.709. The van der Waals surface area contributed by atoms with E-state index in [-0.39, 0.29) is 12.4 Å². The number of ether oxygens (including phenoxy) is 1. The molecule has 16 heavy (non-hydrogen) atoms. The normalized spacial score (nSPS) is 12.2. The van der Waals surface area contributed by atoms with Gasteiger partial charge in [0.2, 0.25) is 0 Å². The van der Waals surface area contributed by atoms with Crippen molar-refractivity contribution >= 4 is 17.5 Å². The number of carbonyl (C=O) groups excluding carboxylic acids is 1. The molecular weight excluding hydrogens is 220 g/mol. The molecule has 1 unspecified atom stereocenters. The molecule has 0 aliphatic carbocycles. The molecule has 0 aliphatic rings. The second-order valence-electron chi connectivity index (χ2n) is 3.80. The van der Waals surface area contributed by atoms with Crippen LogP contribution in [0.2, 0.25) is 0 Å². The van der Waals surface area contributed by atoms with Gasteiger partial charge in [0.15, 0.2) is 5.78 Å². The first-order valence-corrected chi connectivity index (χ1v) is 6.38. The third-order valence-electron chi connectivity index (χ3n) is 2.18. The first-order valence-electron chi connectivity index (χ1n) is 5.50. The van der Waals surface area contributed by atoms with Gasteiger partial charge in [-0.15, -0.1) is 11.8 Å². The number of thioether (sulfide) groups is 1. The van der Waals surface area contributed by atoms with Crippen molar-refractivity contribution in [3.8, 4) is 5.75 Å². The van der Waals surface area contributed by atoms with E-state index in [0.717, 1.165) is 12.2 Å². The number of rotatable bonds is 6. The number of benzene rings is 1. The lowest BCUT2D eigenvalue weighted by atomic mass is 10.3. The molecule has 3 heteroatoms. The fraction of sp³-hybridized carbons (Fsp3) is 0.462. The second-order valence-corrected chi connectivity index (χ2v) is 5.31. The van der Waals surface area contributed by atoms with Gasteiger partial charge in [-0.05, 0) is 37.6 Å². The summed E-state index contributed by atoms with van der Waals surface area (Å²) in [5.74, 6) is 0.793. The van der Waals surface area contributed by atoms with Crippen molar-refractivity contribution in [1.82, 2.24) is 0 Å². The van der Waals surface area contributed by atoms with Crippen molar-refractivity contribution in [1.29, 1.82) is 0 Å². The summed E-state index contributed by atoms with van der Waals surface area (Å²) in [5.41, 5.74) is 0. The SMILES string of the molecule is CCC(C)Sc1ccc(OCC(C)=O)cc1. The first-order chi connectivity index (χ1) is 7.61. The zero-order chi connectivity index (χ0) is 12.0. The third-order valence-corrected chi connectivity index (χ3v) is 3.46. The van der Waals surface area contributed by atoms with E-state index in [2.05, 4.69) is 13.8 Å². The van der Waals surface area contributed by atoms with Crippen LogP contribution in [0, 0.1) is 0 Å². The maximum atomic E-state index is 10.7. The molecule has 0 amide bonds. The third kappa shape index (κ3) is 4.71. The molecule has 0 aromatic heterocycles. The van der Waals surface area contributed by atoms with E-state index < -0.39 is 0 Å². The summed E-state index contributed by atoms with van der Waals surface area (Å²) in [6.45, 7) is 6.07. The molecule has 0 N–H and O–H groups in total. The molecule has 0 saturated carbocycles. The lowest BCUT2D eigenvalue weighted by Gasteiger charge is -2.09. The highest BCUT2D eigenvalue weighted by Crippen LogP contribution is 2.26. The molecule has 0 aliphatic heterocycles. The Bertz CT molecular complexity index is 332. The zero-order valence-corrected chi connectivity index (χ0v) is 10.8. The Kier molecular flexibility index (Phi) is 5.39. The highest BCUT2D eigenvalue weighted by molar-refractivity contribution is 7.99. The van der Waals surface area contributed by atoms with Gasteiger partial charge in [-0.1, -0.05) is 13.8 Å². The smallest absolute Gasteiger partial charge is 0.167 e. The van der Waals surface area contributed by atoms with Gasteiger partial charge < -0.3 is 4.74 Å². The maximum Gasteiger partial charge on any atom is 0.167 e. The number of Topliss-reactive ketones (excluding diaryl/α,β-unsaturated/α-hetero) is 1. The molecule has 1 atom stereocenters. The molecule has 88 valence electrons. The average Bonchev–Trinajstić information content (AvgIpc) is 2.28. The summed E-state index contributed by atoms with van der Waals surface area (Å²) in [6.07, 6.45) is 1.16. The molecule has 0 saturated heterocycles. The van der Waals surface area contributed by atoms with Crippen molar-refractivity contribution in [2.75, 3.05) is 6.61 Å². The Hall–Kier alpha value is -0.960. The Morgan fingerprint density at radius 2 is 2.00 bits per heavy atom. The topological polar surface area (TPSA) is 26.3 Å². The van der Waals surface area contributed by atoms with E-state index in [1.54, 1.807) is 0 Å². The zero-order valence-electron chi connectivity index (χ0n) is 10.0. The predicted octanol–water partition coefficient (Wildman–Crippen LogP) is 3.55. The molecule has 1 aromatic rings. The van der Waals surface area contributed by atoms with Crippen LogP contribution in [0.4, 0.5) is 0 Å². The van der Waals surface area contributed by atoms with Crippen molar-refractivity contribution in [2.24, 2.45) is 0 Å². The van der Waals surface area contributed by atoms with E-state index in [1.165, 1.54) is 11.8 Å². The molecule has 1 rings (SSSR count). The van der Waals surface area contributed by atoms with Gasteiger partial charge >= 0.3 is 0 Å². The van der Waals surface area contributed by atoms with Crippen molar-refractivity contribution in [3.63, 3.8) is 0 Å². The molecule has 1 aromatic carbocycles. The van der Waals surface area contributed by atoms with Crippen LogP contribution in [0.3, 0.4) is 0 Å². The summed E-state index contributed by atoms with van der Waals surface area (Å²) in [5, 5.41) is 0.629. The van der Waals surface area contributed by atoms with Crippen molar-refractivity contribution in [3.05, 3.63) is 24.3 Å². The number of ketones is 1. The van der Waals surface area contributed by atoms with Gasteiger partial charge in [0.05, 0.1) is 0 Å². The summed E-state index contributed by atoms with van der Waals surface area (Å²) in [6, 6.07) is 7.89. The molecule has 0 spiro atoms. The standard InChI is InChI=1S/C13H18O2S/c1-4-11(3)16-13-7-5-12(6-8-13)15-9-10(2)14/h5-8,11H,4,9H2,1-3H3. The Labute approximate surface area is 101 Å². The summed E-state index contributed by atoms with van der Waals surface area (Å²) in [4.78, 5) is 12.0. The average molecular weight is 238 g/mol. The van der Waals surface area contributed by atoms with Crippen LogP contribution in [-0.2, 0) is 4.79 Å². The maximum absolute atomic E-state index is 10.7. The van der Waals surface area contributed by atoms with Crippen LogP contribution in [0.15, 0.2) is 29.2 Å². The minimum absolute atomic E-state index is 0.0399. The predicted molar refractivity (Wildman–Crippen MR) is 68.2 cm³/mol. The summed E-state index contributed by atoms with van der Waals surface area (Å²) < 4.78 is 5.29. The molecule has 0 bridgehead atoms. The van der Waals surface area contributed by atoms with E-state index >= 15 is 0 Å². The van der Waals surface area contributed by atoms with Gasteiger partial charge in [0, 0.05) is 10.1 Å².